The van der Waals surface area contributed by atoms with Gasteiger partial charge in [0.25, 0.3) is 0 Å². The third kappa shape index (κ3) is 3.15. The Kier molecular flexibility index (Phi) is 4.39. The summed E-state index contributed by atoms with van der Waals surface area (Å²) in [6.07, 6.45) is 4.19. The molecule has 0 radical (unpaired) electrons. The Balaban J connectivity index is 2.08. The summed E-state index contributed by atoms with van der Waals surface area (Å²) in [5.41, 5.74) is 1.13. The lowest BCUT2D eigenvalue weighted by Crippen LogP contribution is -2.41. The van der Waals surface area contributed by atoms with E-state index in [1.54, 1.807) is 12.1 Å². The maximum Gasteiger partial charge on any atom is 0.175 e. The first kappa shape index (κ1) is 15.3. The standard InChI is InChI=1S/C15H23NO3S/c1-3-15(12-17)8-10-16(11-9-15)13-4-6-14(7-5-13)20(2,18)19/h4-7,17H,3,8-12H2,1-2H3. The lowest BCUT2D eigenvalue weighted by atomic mass is 9.77. The van der Waals surface area contributed by atoms with Crippen LogP contribution in [-0.4, -0.2) is 39.5 Å². The first-order chi connectivity index (χ1) is 9.40. The number of rotatable bonds is 4. The van der Waals surface area contributed by atoms with Crippen LogP contribution in [0.2, 0.25) is 0 Å². The molecular weight excluding hydrogens is 274 g/mol. The van der Waals surface area contributed by atoms with Crippen molar-refractivity contribution in [1.82, 2.24) is 0 Å². The molecule has 20 heavy (non-hydrogen) atoms. The molecule has 1 saturated heterocycles. The fourth-order valence-electron chi connectivity index (χ4n) is 2.77. The largest absolute Gasteiger partial charge is 0.396 e. The Morgan fingerprint density at radius 1 is 1.20 bits per heavy atom. The third-order valence-electron chi connectivity index (χ3n) is 4.54. The highest BCUT2D eigenvalue weighted by atomic mass is 32.2. The van der Waals surface area contributed by atoms with Crippen molar-refractivity contribution in [2.45, 2.75) is 31.1 Å². The maximum atomic E-state index is 11.4. The van der Waals surface area contributed by atoms with E-state index in [2.05, 4.69) is 11.8 Å². The van der Waals surface area contributed by atoms with Gasteiger partial charge in [0, 0.05) is 31.6 Å². The molecule has 1 aromatic carbocycles. The molecule has 1 aliphatic rings. The van der Waals surface area contributed by atoms with Crippen LogP contribution in [-0.2, 0) is 9.84 Å². The van der Waals surface area contributed by atoms with Gasteiger partial charge in [0.15, 0.2) is 9.84 Å². The highest BCUT2D eigenvalue weighted by Crippen LogP contribution is 2.35. The van der Waals surface area contributed by atoms with Crippen molar-refractivity contribution >= 4 is 15.5 Å². The molecule has 5 heteroatoms. The van der Waals surface area contributed by atoms with E-state index in [0.717, 1.165) is 38.0 Å². The first-order valence-corrected chi connectivity index (χ1v) is 8.95. The molecule has 1 N–H and O–H groups in total. The number of aliphatic hydroxyl groups excluding tert-OH is 1. The van der Waals surface area contributed by atoms with E-state index in [4.69, 9.17) is 0 Å². The SMILES string of the molecule is CCC1(CO)CCN(c2ccc(S(C)(=O)=O)cc2)CC1. The van der Waals surface area contributed by atoms with Crippen molar-refractivity contribution in [3.63, 3.8) is 0 Å². The van der Waals surface area contributed by atoms with E-state index in [1.807, 2.05) is 12.1 Å². The second-order valence-electron chi connectivity index (χ2n) is 5.76. The Bertz CT molecular complexity index is 537. The van der Waals surface area contributed by atoms with Gasteiger partial charge in [-0.05, 0) is 48.9 Å². The number of nitrogens with zero attached hydrogens (tertiary/aromatic N) is 1. The Morgan fingerprint density at radius 2 is 1.75 bits per heavy atom. The number of hydrogen-bond acceptors (Lipinski definition) is 4. The summed E-state index contributed by atoms with van der Waals surface area (Å²) in [7, 11) is -3.13. The van der Waals surface area contributed by atoms with Gasteiger partial charge < -0.3 is 10.0 Å². The molecule has 0 amide bonds. The maximum absolute atomic E-state index is 11.4. The van der Waals surface area contributed by atoms with Gasteiger partial charge in [0.1, 0.15) is 0 Å². The average molecular weight is 297 g/mol. The molecular formula is C15H23NO3S. The molecule has 112 valence electrons. The zero-order chi connectivity index (χ0) is 14.8. The summed E-state index contributed by atoms with van der Waals surface area (Å²) >= 11 is 0. The summed E-state index contributed by atoms with van der Waals surface area (Å²) in [5, 5.41) is 9.54. The Morgan fingerprint density at radius 3 is 2.15 bits per heavy atom. The van der Waals surface area contributed by atoms with E-state index >= 15 is 0 Å². The van der Waals surface area contributed by atoms with Crippen LogP contribution in [0.15, 0.2) is 29.2 Å². The van der Waals surface area contributed by atoms with Gasteiger partial charge in [0.05, 0.1) is 4.90 Å². The predicted octanol–water partition coefficient (Wildman–Crippen LogP) is 2.08. The molecule has 0 aliphatic carbocycles. The van der Waals surface area contributed by atoms with Gasteiger partial charge in [-0.3, -0.25) is 0 Å². The van der Waals surface area contributed by atoms with Crippen molar-refractivity contribution in [3.05, 3.63) is 24.3 Å². The van der Waals surface area contributed by atoms with Crippen LogP contribution in [0.25, 0.3) is 0 Å². The number of sulfone groups is 1. The van der Waals surface area contributed by atoms with Crippen molar-refractivity contribution in [2.24, 2.45) is 5.41 Å². The van der Waals surface area contributed by atoms with E-state index in [1.165, 1.54) is 6.26 Å². The lowest BCUT2D eigenvalue weighted by molar-refractivity contribution is 0.0922. The first-order valence-electron chi connectivity index (χ1n) is 7.06. The molecule has 1 aliphatic heterocycles. The zero-order valence-electron chi connectivity index (χ0n) is 12.2. The predicted molar refractivity (Wildman–Crippen MR) is 80.8 cm³/mol. The molecule has 2 rings (SSSR count). The van der Waals surface area contributed by atoms with E-state index in [-0.39, 0.29) is 12.0 Å². The van der Waals surface area contributed by atoms with Crippen LogP contribution in [0.4, 0.5) is 5.69 Å². The number of benzene rings is 1. The summed E-state index contributed by atoms with van der Waals surface area (Å²) in [6, 6.07) is 7.07. The minimum Gasteiger partial charge on any atom is -0.396 e. The average Bonchev–Trinajstić information content (AvgIpc) is 2.47. The fraction of sp³-hybridized carbons (Fsp3) is 0.600. The van der Waals surface area contributed by atoms with Crippen molar-refractivity contribution in [1.29, 1.82) is 0 Å². The fourth-order valence-corrected chi connectivity index (χ4v) is 3.40. The zero-order valence-corrected chi connectivity index (χ0v) is 13.0. The number of hydrogen-bond donors (Lipinski definition) is 1. The monoisotopic (exact) mass is 297 g/mol. The van der Waals surface area contributed by atoms with E-state index in [9.17, 15) is 13.5 Å². The van der Waals surface area contributed by atoms with E-state index < -0.39 is 9.84 Å². The van der Waals surface area contributed by atoms with Crippen molar-refractivity contribution < 1.29 is 13.5 Å². The minimum atomic E-state index is -3.13. The summed E-state index contributed by atoms with van der Waals surface area (Å²) < 4.78 is 22.9. The van der Waals surface area contributed by atoms with Gasteiger partial charge in [-0.25, -0.2) is 8.42 Å². The molecule has 1 aromatic rings. The number of piperidine rings is 1. The minimum absolute atomic E-state index is 0.0726. The second kappa shape index (κ2) is 5.74. The molecule has 0 atom stereocenters. The highest BCUT2D eigenvalue weighted by Gasteiger charge is 2.32. The van der Waals surface area contributed by atoms with Crippen molar-refractivity contribution in [3.8, 4) is 0 Å². The van der Waals surface area contributed by atoms with Gasteiger partial charge in [0.2, 0.25) is 0 Å². The van der Waals surface area contributed by atoms with Crippen LogP contribution in [0.5, 0.6) is 0 Å². The lowest BCUT2D eigenvalue weighted by Gasteiger charge is -2.41. The summed E-state index contributed by atoms with van der Waals surface area (Å²) in [4.78, 5) is 2.62. The Hall–Kier alpha value is -1.07. The van der Waals surface area contributed by atoms with Crippen LogP contribution in [0.3, 0.4) is 0 Å². The topological polar surface area (TPSA) is 57.6 Å². The molecule has 1 heterocycles. The smallest absolute Gasteiger partial charge is 0.175 e. The summed E-state index contributed by atoms with van der Waals surface area (Å²) in [5.74, 6) is 0. The quantitative estimate of drug-likeness (QED) is 0.924. The molecule has 4 nitrogen and oxygen atoms in total. The number of aliphatic hydroxyl groups is 1. The van der Waals surface area contributed by atoms with Crippen LogP contribution < -0.4 is 4.90 Å². The van der Waals surface area contributed by atoms with Crippen molar-refractivity contribution in [2.75, 3.05) is 30.9 Å². The van der Waals surface area contributed by atoms with Crippen LogP contribution >= 0.6 is 0 Å². The molecule has 0 spiro atoms. The molecule has 0 saturated carbocycles. The molecule has 0 bridgehead atoms. The second-order valence-corrected chi connectivity index (χ2v) is 7.78. The normalized spacial score (nSPS) is 19.1. The number of anilines is 1. The van der Waals surface area contributed by atoms with Gasteiger partial charge in [-0.2, -0.15) is 0 Å². The molecule has 0 unspecified atom stereocenters. The van der Waals surface area contributed by atoms with Crippen LogP contribution in [0.1, 0.15) is 26.2 Å². The molecule has 1 fully saturated rings. The molecule has 0 aromatic heterocycles. The third-order valence-corrected chi connectivity index (χ3v) is 5.67. The van der Waals surface area contributed by atoms with Gasteiger partial charge in [-0.1, -0.05) is 6.92 Å². The van der Waals surface area contributed by atoms with Crippen LogP contribution in [0, 0.1) is 5.41 Å². The highest BCUT2D eigenvalue weighted by molar-refractivity contribution is 7.90. The van der Waals surface area contributed by atoms with Gasteiger partial charge in [-0.15, -0.1) is 0 Å². The van der Waals surface area contributed by atoms with Gasteiger partial charge >= 0.3 is 0 Å². The van der Waals surface area contributed by atoms with E-state index in [0.29, 0.717) is 4.90 Å². The summed E-state index contributed by atoms with van der Waals surface area (Å²) in [6.45, 7) is 4.20. The Labute approximate surface area is 121 Å².